The molecule has 0 spiro atoms. The predicted octanol–water partition coefficient (Wildman–Crippen LogP) is 4.50. The third-order valence-corrected chi connectivity index (χ3v) is 9.58. The van der Waals surface area contributed by atoms with Crippen molar-refractivity contribution in [2.45, 2.75) is 84.7 Å². The van der Waals surface area contributed by atoms with Crippen LogP contribution >= 0.6 is 11.6 Å². The first-order chi connectivity index (χ1) is 18.9. The number of amides is 4. The van der Waals surface area contributed by atoms with Gasteiger partial charge in [0.25, 0.3) is 0 Å². The summed E-state index contributed by atoms with van der Waals surface area (Å²) in [6, 6.07) is 7.44. The number of halogens is 1. The number of benzene rings is 1. The van der Waals surface area contributed by atoms with E-state index in [1.807, 2.05) is 41.0 Å². The normalized spacial score (nSPS) is 25.2. The van der Waals surface area contributed by atoms with E-state index in [0.29, 0.717) is 37.7 Å². The summed E-state index contributed by atoms with van der Waals surface area (Å²) in [6.07, 6.45) is 4.70. The molecule has 8 nitrogen and oxygen atoms in total. The average Bonchev–Trinajstić information content (AvgIpc) is 3.58. The van der Waals surface area contributed by atoms with E-state index < -0.39 is 5.41 Å². The van der Waals surface area contributed by atoms with Gasteiger partial charge in [-0.05, 0) is 76.0 Å². The maximum absolute atomic E-state index is 14.1. The lowest BCUT2D eigenvalue weighted by Gasteiger charge is -2.45. The van der Waals surface area contributed by atoms with Crippen molar-refractivity contribution in [2.75, 3.05) is 39.3 Å². The molecular weight excluding hydrogens is 528 g/mol. The Morgan fingerprint density at radius 3 is 2.27 bits per heavy atom. The molecule has 0 radical (unpaired) electrons. The summed E-state index contributed by atoms with van der Waals surface area (Å²) >= 11 is 6.14. The third-order valence-electron chi connectivity index (χ3n) is 9.33. The van der Waals surface area contributed by atoms with Crippen molar-refractivity contribution in [2.24, 2.45) is 16.7 Å². The Hall–Kier alpha value is -2.32. The van der Waals surface area contributed by atoms with E-state index in [1.54, 1.807) is 18.7 Å². The topological polar surface area (TPSA) is 93.2 Å². The van der Waals surface area contributed by atoms with E-state index in [1.165, 1.54) is 0 Å². The quantitative estimate of drug-likeness (QED) is 0.501. The van der Waals surface area contributed by atoms with E-state index in [4.69, 9.17) is 11.6 Å². The summed E-state index contributed by atoms with van der Waals surface area (Å²) in [4.78, 5) is 46.3. The number of hydrogen-bond acceptors (Lipinski definition) is 4. The molecule has 2 N–H and O–H groups in total. The van der Waals surface area contributed by atoms with Crippen LogP contribution in [0, 0.1) is 16.7 Å². The van der Waals surface area contributed by atoms with Crippen LogP contribution in [0.2, 0.25) is 5.02 Å². The molecule has 1 saturated carbocycles. The second kappa shape index (κ2) is 12.3. The summed E-state index contributed by atoms with van der Waals surface area (Å²) in [7, 11) is 0. The maximum Gasteiger partial charge on any atom is 0.317 e. The van der Waals surface area contributed by atoms with Gasteiger partial charge in [0.2, 0.25) is 11.8 Å². The molecule has 0 aromatic heterocycles. The number of nitrogens with one attached hydrogen (secondary N) is 1. The first-order valence-corrected chi connectivity index (χ1v) is 15.3. The minimum absolute atomic E-state index is 0.0266. The van der Waals surface area contributed by atoms with Crippen LogP contribution in [0.15, 0.2) is 24.3 Å². The molecule has 1 aromatic rings. The van der Waals surface area contributed by atoms with E-state index in [-0.39, 0.29) is 53.8 Å². The van der Waals surface area contributed by atoms with Crippen LogP contribution in [0.25, 0.3) is 0 Å². The van der Waals surface area contributed by atoms with Gasteiger partial charge < -0.3 is 25.1 Å². The standard InChI is InChI=1S/C31H47ClN4O4/c1-6-33-29(40)35-18-25(21-7-9-22(32)10-8-21)26(19-35)27(38)34-16-13-24(17-34)36(28(39)31(4,5)20-37)23-11-14-30(2,3)15-12-23/h7-10,23-26,37H,6,11-20H2,1-5H3,(H,33,40)/t24-,25+,26?/m0/s1. The molecule has 2 heterocycles. The Labute approximate surface area is 244 Å². The molecule has 3 atom stereocenters. The molecule has 3 fully saturated rings. The van der Waals surface area contributed by atoms with Crippen LogP contribution in [-0.4, -0.2) is 89.1 Å². The first kappa shape index (κ1) is 30.6. The Kier molecular flexibility index (Phi) is 9.40. The SMILES string of the molecule is CCNC(=O)N1CC(C(=O)N2CC[C@H](N(C(=O)C(C)(C)CO)C3CCC(C)(C)CC3)C2)[C@@H](c2ccc(Cl)cc2)C1. The Balaban J connectivity index is 1.54. The van der Waals surface area contributed by atoms with Crippen LogP contribution in [0.5, 0.6) is 0 Å². The van der Waals surface area contributed by atoms with Gasteiger partial charge in [-0.25, -0.2) is 4.79 Å². The monoisotopic (exact) mass is 574 g/mol. The highest BCUT2D eigenvalue weighted by molar-refractivity contribution is 6.30. The molecule has 1 unspecified atom stereocenters. The van der Waals surface area contributed by atoms with Crippen molar-refractivity contribution in [1.29, 1.82) is 0 Å². The number of urea groups is 1. The molecule has 1 aromatic carbocycles. The molecule has 40 heavy (non-hydrogen) atoms. The fourth-order valence-electron chi connectivity index (χ4n) is 6.64. The van der Waals surface area contributed by atoms with Gasteiger partial charge in [-0.2, -0.15) is 0 Å². The predicted molar refractivity (Wildman–Crippen MR) is 157 cm³/mol. The van der Waals surface area contributed by atoms with Gasteiger partial charge in [0, 0.05) is 49.7 Å². The largest absolute Gasteiger partial charge is 0.395 e. The molecular formula is C31H47ClN4O4. The molecule has 2 aliphatic heterocycles. The number of rotatable bonds is 7. The van der Waals surface area contributed by atoms with Crippen molar-refractivity contribution in [3.8, 4) is 0 Å². The van der Waals surface area contributed by atoms with Crippen molar-refractivity contribution in [1.82, 2.24) is 20.0 Å². The zero-order valence-electron chi connectivity index (χ0n) is 24.8. The van der Waals surface area contributed by atoms with Gasteiger partial charge in [0.15, 0.2) is 0 Å². The van der Waals surface area contributed by atoms with E-state index in [9.17, 15) is 19.5 Å². The number of aliphatic hydroxyl groups excluding tert-OH is 1. The smallest absolute Gasteiger partial charge is 0.317 e. The van der Waals surface area contributed by atoms with Gasteiger partial charge in [-0.3, -0.25) is 9.59 Å². The number of nitrogens with zero attached hydrogens (tertiary/aromatic N) is 3. The molecule has 4 amide bonds. The minimum Gasteiger partial charge on any atom is -0.395 e. The van der Waals surface area contributed by atoms with Crippen LogP contribution in [0.1, 0.15) is 78.2 Å². The van der Waals surface area contributed by atoms with Gasteiger partial charge in [0.05, 0.1) is 24.0 Å². The van der Waals surface area contributed by atoms with E-state index in [0.717, 1.165) is 37.7 Å². The number of likely N-dealkylation sites (tertiary alicyclic amines) is 2. The van der Waals surface area contributed by atoms with Gasteiger partial charge in [-0.15, -0.1) is 0 Å². The van der Waals surface area contributed by atoms with Gasteiger partial charge >= 0.3 is 6.03 Å². The zero-order valence-corrected chi connectivity index (χ0v) is 25.5. The lowest BCUT2D eigenvalue weighted by molar-refractivity contribution is -0.149. The van der Waals surface area contributed by atoms with E-state index in [2.05, 4.69) is 19.2 Å². The molecule has 3 aliphatic rings. The minimum atomic E-state index is -0.872. The molecule has 0 bridgehead atoms. The first-order valence-electron chi connectivity index (χ1n) is 14.9. The summed E-state index contributed by atoms with van der Waals surface area (Å²) < 4.78 is 0. The van der Waals surface area contributed by atoms with Gasteiger partial charge in [-0.1, -0.05) is 37.6 Å². The highest BCUT2D eigenvalue weighted by Crippen LogP contribution is 2.40. The van der Waals surface area contributed by atoms with E-state index >= 15 is 0 Å². The third kappa shape index (κ3) is 6.59. The number of carbonyl (C=O) groups is 3. The Morgan fingerprint density at radius 1 is 1.02 bits per heavy atom. The van der Waals surface area contributed by atoms with Crippen LogP contribution < -0.4 is 5.32 Å². The fraction of sp³-hybridized carbons (Fsp3) is 0.710. The Morgan fingerprint density at radius 2 is 1.68 bits per heavy atom. The molecule has 222 valence electrons. The summed E-state index contributed by atoms with van der Waals surface area (Å²) in [5.74, 6) is -0.483. The fourth-order valence-corrected chi connectivity index (χ4v) is 6.77. The van der Waals surface area contributed by atoms with Crippen molar-refractivity contribution in [3.05, 3.63) is 34.9 Å². The number of aliphatic hydroxyl groups is 1. The lowest BCUT2D eigenvalue weighted by atomic mass is 9.74. The molecule has 9 heteroatoms. The van der Waals surface area contributed by atoms with Crippen LogP contribution in [0.4, 0.5) is 4.79 Å². The van der Waals surface area contributed by atoms with Crippen LogP contribution in [-0.2, 0) is 9.59 Å². The maximum atomic E-state index is 14.1. The summed E-state index contributed by atoms with van der Waals surface area (Å²) in [5, 5.41) is 13.5. The highest BCUT2D eigenvalue weighted by Gasteiger charge is 2.47. The lowest BCUT2D eigenvalue weighted by Crippen LogP contribution is -2.55. The van der Waals surface area contributed by atoms with Crippen LogP contribution in [0.3, 0.4) is 0 Å². The van der Waals surface area contributed by atoms with Crippen molar-refractivity contribution >= 4 is 29.4 Å². The molecule has 2 saturated heterocycles. The highest BCUT2D eigenvalue weighted by atomic mass is 35.5. The van der Waals surface area contributed by atoms with Crippen molar-refractivity contribution < 1.29 is 19.5 Å². The van der Waals surface area contributed by atoms with Crippen molar-refractivity contribution in [3.63, 3.8) is 0 Å². The summed E-state index contributed by atoms with van der Waals surface area (Å²) in [5.41, 5.74) is 0.393. The zero-order chi connectivity index (χ0) is 29.2. The number of hydrogen-bond donors (Lipinski definition) is 2. The molecule has 4 rings (SSSR count). The summed E-state index contributed by atoms with van der Waals surface area (Å²) in [6.45, 7) is 12.3. The van der Waals surface area contributed by atoms with Gasteiger partial charge in [0.1, 0.15) is 0 Å². The number of carbonyl (C=O) groups excluding carboxylic acids is 3. The second-order valence-corrected chi connectivity index (χ2v) is 13.8. The second-order valence-electron chi connectivity index (χ2n) is 13.4. The average molecular weight is 575 g/mol. The Bertz CT molecular complexity index is 1070. The molecule has 1 aliphatic carbocycles.